The molecule has 1 unspecified atom stereocenters. The third-order valence-electron chi connectivity index (χ3n) is 4.93. The standard InChI is InChI=1S/C21H21F3N3O3/c1-2-19(28)26-10-16(12-27-20(29)4-3-9-25-27)17(11-26)14-30-13-15-5-7-18(8-6-15)21(22,23)24/h2-9,12,16-17H,1,10-11,13-14H2/q+1/b27-12+/t16?,17-/m0/s1. The normalized spacial score (nSPS) is 22.7. The molecule has 1 aromatic carbocycles. The van der Waals surface area contributed by atoms with Crippen molar-refractivity contribution in [3.63, 3.8) is 0 Å². The quantitative estimate of drug-likeness (QED) is 0.525. The molecule has 0 N–H and O–H groups in total. The summed E-state index contributed by atoms with van der Waals surface area (Å²) in [6.07, 6.45) is 2.95. The average Bonchev–Trinajstić information content (AvgIpc) is 3.11. The Kier molecular flexibility index (Phi) is 6.61. The fourth-order valence-corrected chi connectivity index (χ4v) is 3.33. The van der Waals surface area contributed by atoms with Gasteiger partial charge in [-0.3, -0.25) is 4.79 Å². The molecular formula is C21H21F3N3O3+. The van der Waals surface area contributed by atoms with E-state index in [1.165, 1.54) is 35.2 Å². The SMILES string of the molecule is C=CC(=O)N1CC(/C=[N+]2/N=CC=CC2=O)[C@H](COCc2ccc(C(F)(F)F)cc2)C1. The van der Waals surface area contributed by atoms with Gasteiger partial charge in [0.25, 0.3) is 0 Å². The average molecular weight is 420 g/mol. The molecule has 0 saturated carbocycles. The van der Waals surface area contributed by atoms with Gasteiger partial charge in [0.2, 0.25) is 5.91 Å². The third-order valence-corrected chi connectivity index (χ3v) is 4.93. The minimum atomic E-state index is -4.38. The van der Waals surface area contributed by atoms with E-state index in [9.17, 15) is 22.8 Å². The maximum Gasteiger partial charge on any atom is 0.442 e. The van der Waals surface area contributed by atoms with Crippen molar-refractivity contribution in [2.75, 3.05) is 19.7 Å². The Labute approximate surface area is 171 Å². The van der Waals surface area contributed by atoms with Gasteiger partial charge in [0.1, 0.15) is 0 Å². The van der Waals surface area contributed by atoms with Crippen molar-refractivity contribution in [3.05, 3.63) is 60.2 Å². The van der Waals surface area contributed by atoms with Gasteiger partial charge in [-0.1, -0.05) is 18.7 Å². The van der Waals surface area contributed by atoms with E-state index in [-0.39, 0.29) is 36.9 Å². The summed E-state index contributed by atoms with van der Waals surface area (Å²) in [5.41, 5.74) is -0.0995. The Hall–Kier alpha value is -3.07. The summed E-state index contributed by atoms with van der Waals surface area (Å²) < 4.78 is 44.9. The van der Waals surface area contributed by atoms with E-state index in [4.69, 9.17) is 4.74 Å². The van der Waals surface area contributed by atoms with Crippen LogP contribution in [0.3, 0.4) is 0 Å². The third kappa shape index (κ3) is 5.29. The number of rotatable bonds is 6. The molecule has 3 rings (SSSR count). The predicted octanol–water partition coefficient (Wildman–Crippen LogP) is 2.65. The molecule has 9 heteroatoms. The molecule has 2 amide bonds. The number of amides is 2. The molecule has 0 aromatic heterocycles. The summed E-state index contributed by atoms with van der Waals surface area (Å²) in [6, 6.07) is 4.79. The minimum absolute atomic E-state index is 0.0998. The van der Waals surface area contributed by atoms with Crippen LogP contribution in [-0.4, -0.2) is 53.5 Å². The van der Waals surface area contributed by atoms with Gasteiger partial charge in [-0.05, 0) is 34.5 Å². The number of allylic oxidation sites excluding steroid dienone is 1. The molecule has 6 nitrogen and oxygen atoms in total. The number of ether oxygens (including phenoxy) is 1. The first-order chi connectivity index (χ1) is 14.3. The zero-order valence-corrected chi connectivity index (χ0v) is 16.1. The summed E-state index contributed by atoms with van der Waals surface area (Å²) in [6.45, 7) is 4.72. The number of benzene rings is 1. The predicted molar refractivity (Wildman–Crippen MR) is 104 cm³/mol. The Morgan fingerprint density at radius 1 is 1.30 bits per heavy atom. The number of carbonyl (C=O) groups is 2. The van der Waals surface area contributed by atoms with Gasteiger partial charge in [-0.2, -0.15) is 13.2 Å². The molecule has 0 bridgehead atoms. The zero-order valence-electron chi connectivity index (χ0n) is 16.1. The maximum atomic E-state index is 12.7. The van der Waals surface area contributed by atoms with E-state index in [1.807, 2.05) is 0 Å². The molecule has 0 aliphatic carbocycles. The van der Waals surface area contributed by atoms with Crippen molar-refractivity contribution in [2.45, 2.75) is 12.8 Å². The Balaban J connectivity index is 1.64. The number of likely N-dealkylation sites (tertiary alicyclic amines) is 1. The van der Waals surface area contributed by atoms with Gasteiger partial charge in [0.15, 0.2) is 6.21 Å². The Bertz CT molecular complexity index is 904. The monoisotopic (exact) mass is 420 g/mol. The van der Waals surface area contributed by atoms with E-state index < -0.39 is 11.7 Å². The fourth-order valence-electron chi connectivity index (χ4n) is 3.33. The number of hydrazone groups is 1. The summed E-state index contributed by atoms with van der Waals surface area (Å²) in [7, 11) is 0. The van der Waals surface area contributed by atoms with Crippen molar-refractivity contribution in [2.24, 2.45) is 16.9 Å². The van der Waals surface area contributed by atoms with Gasteiger partial charge in [0.05, 0.1) is 37.0 Å². The molecular weight excluding hydrogens is 399 g/mol. The van der Waals surface area contributed by atoms with Gasteiger partial charge < -0.3 is 9.64 Å². The van der Waals surface area contributed by atoms with E-state index in [0.717, 1.165) is 12.1 Å². The van der Waals surface area contributed by atoms with Crippen LogP contribution in [0.1, 0.15) is 11.1 Å². The number of carbonyl (C=O) groups excluding carboxylic acids is 2. The smallest absolute Gasteiger partial charge is 0.376 e. The van der Waals surface area contributed by atoms with E-state index in [1.54, 1.807) is 17.2 Å². The molecule has 30 heavy (non-hydrogen) atoms. The lowest BCUT2D eigenvalue weighted by Gasteiger charge is -2.15. The first kappa shape index (κ1) is 21.6. The molecule has 1 fully saturated rings. The molecule has 2 aliphatic heterocycles. The summed E-state index contributed by atoms with van der Waals surface area (Å²) in [4.78, 5) is 25.6. The lowest BCUT2D eigenvalue weighted by molar-refractivity contribution is -0.446. The van der Waals surface area contributed by atoms with Gasteiger partial charge in [-0.15, -0.1) is 0 Å². The molecule has 2 atom stereocenters. The number of alkyl halides is 3. The summed E-state index contributed by atoms with van der Waals surface area (Å²) in [5.74, 6) is -0.770. The highest BCUT2D eigenvalue weighted by molar-refractivity contribution is 5.91. The second-order valence-corrected chi connectivity index (χ2v) is 7.04. The topological polar surface area (TPSA) is 62.0 Å². The largest absolute Gasteiger partial charge is 0.442 e. The molecule has 2 aliphatic rings. The van der Waals surface area contributed by atoms with Crippen molar-refractivity contribution in [1.29, 1.82) is 0 Å². The second-order valence-electron chi connectivity index (χ2n) is 7.04. The second kappa shape index (κ2) is 9.17. The van der Waals surface area contributed by atoms with Crippen LogP contribution in [0.4, 0.5) is 13.2 Å². The van der Waals surface area contributed by atoms with Crippen molar-refractivity contribution in [1.82, 2.24) is 4.90 Å². The molecule has 2 heterocycles. The van der Waals surface area contributed by atoms with E-state index in [2.05, 4.69) is 11.7 Å². The van der Waals surface area contributed by atoms with Crippen LogP contribution in [0.25, 0.3) is 0 Å². The number of hydrogen-bond acceptors (Lipinski definition) is 4. The first-order valence-corrected chi connectivity index (χ1v) is 9.32. The van der Waals surface area contributed by atoms with Crippen molar-refractivity contribution < 1.29 is 32.2 Å². The van der Waals surface area contributed by atoms with Crippen molar-refractivity contribution >= 4 is 24.2 Å². The molecule has 1 saturated heterocycles. The van der Waals surface area contributed by atoms with Crippen LogP contribution in [-0.2, 0) is 27.1 Å². The van der Waals surface area contributed by atoms with Gasteiger partial charge >= 0.3 is 12.1 Å². The zero-order chi connectivity index (χ0) is 21.7. The maximum absolute atomic E-state index is 12.7. The fraction of sp³-hybridized carbons (Fsp3) is 0.333. The number of nitrogens with zero attached hydrogens (tertiary/aromatic N) is 3. The lowest BCUT2D eigenvalue weighted by atomic mass is 9.98. The van der Waals surface area contributed by atoms with E-state index in [0.29, 0.717) is 18.7 Å². The molecule has 1 aromatic rings. The first-order valence-electron chi connectivity index (χ1n) is 9.32. The van der Waals surface area contributed by atoms with Crippen LogP contribution in [0, 0.1) is 11.8 Å². The summed E-state index contributed by atoms with van der Waals surface area (Å²) >= 11 is 0. The van der Waals surface area contributed by atoms with Gasteiger partial charge in [0, 0.05) is 24.1 Å². The van der Waals surface area contributed by atoms with E-state index >= 15 is 0 Å². The highest BCUT2D eigenvalue weighted by atomic mass is 19.4. The number of hydrogen-bond donors (Lipinski definition) is 0. The lowest BCUT2D eigenvalue weighted by Crippen LogP contribution is -2.28. The highest BCUT2D eigenvalue weighted by Crippen LogP contribution is 2.29. The van der Waals surface area contributed by atoms with Gasteiger partial charge in [-0.25, -0.2) is 4.79 Å². The number of halogens is 3. The van der Waals surface area contributed by atoms with Crippen LogP contribution >= 0.6 is 0 Å². The van der Waals surface area contributed by atoms with Crippen molar-refractivity contribution in [3.8, 4) is 0 Å². The Morgan fingerprint density at radius 3 is 2.67 bits per heavy atom. The molecule has 158 valence electrons. The van der Waals surface area contributed by atoms with Crippen LogP contribution < -0.4 is 0 Å². The minimum Gasteiger partial charge on any atom is -0.376 e. The van der Waals surface area contributed by atoms with Crippen LogP contribution in [0.5, 0.6) is 0 Å². The Morgan fingerprint density at radius 2 is 2.03 bits per heavy atom. The molecule has 0 radical (unpaired) electrons. The summed E-state index contributed by atoms with van der Waals surface area (Å²) in [5, 5.41) is 4.01. The van der Waals surface area contributed by atoms with Crippen LogP contribution in [0.15, 0.2) is 54.2 Å². The van der Waals surface area contributed by atoms with Crippen LogP contribution in [0.2, 0.25) is 0 Å². The molecule has 0 spiro atoms. The highest BCUT2D eigenvalue weighted by Gasteiger charge is 2.37.